The topological polar surface area (TPSA) is 38.1 Å². The maximum Gasteiger partial charge on any atom is 0.0908 e. The van der Waals surface area contributed by atoms with Gasteiger partial charge < -0.3 is 0 Å². The van der Waals surface area contributed by atoms with E-state index in [-0.39, 0.29) is 0 Å². The molecular formula is C12H11N3. The Kier molecular flexibility index (Phi) is 2.54. The molecule has 1 aromatic carbocycles. The predicted octanol–water partition coefficient (Wildman–Crippen LogP) is 2.83. The normalized spacial score (nSPS) is 11.0. The largest absolute Gasteiger partial charge is 0.257 e. The van der Waals surface area contributed by atoms with Gasteiger partial charge in [0.25, 0.3) is 0 Å². The quantitative estimate of drug-likeness (QED) is 0.694. The van der Waals surface area contributed by atoms with E-state index in [9.17, 15) is 0 Å². The molecule has 0 amide bonds. The van der Waals surface area contributed by atoms with E-state index in [0.717, 1.165) is 22.3 Å². The molecule has 3 heteroatoms. The lowest BCUT2D eigenvalue weighted by molar-refractivity contribution is 1.28. The second-order valence-electron chi connectivity index (χ2n) is 3.20. The van der Waals surface area contributed by atoms with Crippen molar-refractivity contribution in [2.45, 2.75) is 6.92 Å². The van der Waals surface area contributed by atoms with Gasteiger partial charge in [0, 0.05) is 18.6 Å². The molecule has 0 radical (unpaired) electrons. The van der Waals surface area contributed by atoms with Crippen molar-refractivity contribution in [1.29, 1.82) is 0 Å². The highest BCUT2D eigenvalue weighted by molar-refractivity contribution is 5.82. The van der Waals surface area contributed by atoms with Crippen molar-refractivity contribution in [1.82, 2.24) is 9.97 Å². The average Bonchev–Trinajstić information content (AvgIpc) is 2.26. The standard InChI is InChI=1S/C12H11N3/c1-3-4-13-10-8-12-11(7-9(10)2)14-5-6-15-12/h3-8H,1H2,2H3. The summed E-state index contributed by atoms with van der Waals surface area (Å²) in [6, 6.07) is 3.91. The molecule has 1 heterocycles. The van der Waals surface area contributed by atoms with E-state index in [0.29, 0.717) is 0 Å². The predicted molar refractivity (Wildman–Crippen MR) is 62.6 cm³/mol. The lowest BCUT2D eigenvalue weighted by Gasteiger charge is -2.01. The Labute approximate surface area is 88.2 Å². The zero-order valence-electron chi connectivity index (χ0n) is 8.51. The third kappa shape index (κ3) is 1.91. The SMILES string of the molecule is C=CC=Nc1cc2nccnc2cc1C. The van der Waals surface area contributed by atoms with Gasteiger partial charge >= 0.3 is 0 Å². The van der Waals surface area contributed by atoms with Crippen LogP contribution >= 0.6 is 0 Å². The van der Waals surface area contributed by atoms with Crippen LogP contribution in [-0.2, 0) is 0 Å². The van der Waals surface area contributed by atoms with Gasteiger partial charge in [-0.15, -0.1) is 0 Å². The molecule has 0 unspecified atom stereocenters. The van der Waals surface area contributed by atoms with Gasteiger partial charge in [0.05, 0.1) is 16.7 Å². The lowest BCUT2D eigenvalue weighted by atomic mass is 10.1. The summed E-state index contributed by atoms with van der Waals surface area (Å²) in [4.78, 5) is 12.7. The minimum Gasteiger partial charge on any atom is -0.257 e. The Balaban J connectivity index is 2.61. The average molecular weight is 197 g/mol. The van der Waals surface area contributed by atoms with Gasteiger partial charge in [-0.25, -0.2) is 0 Å². The Morgan fingerprint density at radius 1 is 1.20 bits per heavy atom. The van der Waals surface area contributed by atoms with Crippen LogP contribution in [-0.4, -0.2) is 16.2 Å². The van der Waals surface area contributed by atoms with E-state index in [1.54, 1.807) is 24.7 Å². The Bertz CT molecular complexity index is 529. The first-order valence-corrected chi connectivity index (χ1v) is 4.68. The van der Waals surface area contributed by atoms with Crippen LogP contribution in [0.5, 0.6) is 0 Å². The minimum atomic E-state index is 0.860. The number of aliphatic imine (C=N–C) groups is 1. The van der Waals surface area contributed by atoms with Crippen LogP contribution in [0.4, 0.5) is 5.69 Å². The van der Waals surface area contributed by atoms with Crippen molar-refractivity contribution in [2.75, 3.05) is 0 Å². The van der Waals surface area contributed by atoms with Crippen molar-refractivity contribution in [3.8, 4) is 0 Å². The van der Waals surface area contributed by atoms with E-state index < -0.39 is 0 Å². The van der Waals surface area contributed by atoms with Crippen molar-refractivity contribution in [3.63, 3.8) is 0 Å². The van der Waals surface area contributed by atoms with Crippen LogP contribution in [0.25, 0.3) is 11.0 Å². The molecule has 0 aliphatic heterocycles. The van der Waals surface area contributed by atoms with E-state index in [2.05, 4.69) is 21.5 Å². The van der Waals surface area contributed by atoms with Crippen molar-refractivity contribution in [3.05, 3.63) is 42.7 Å². The summed E-state index contributed by atoms with van der Waals surface area (Å²) in [7, 11) is 0. The van der Waals surface area contributed by atoms with Gasteiger partial charge in [0.1, 0.15) is 0 Å². The number of fused-ring (bicyclic) bond motifs is 1. The summed E-state index contributed by atoms with van der Waals surface area (Å²) >= 11 is 0. The van der Waals surface area contributed by atoms with Gasteiger partial charge in [-0.2, -0.15) is 0 Å². The molecule has 74 valence electrons. The first kappa shape index (κ1) is 9.52. The molecule has 0 saturated carbocycles. The van der Waals surface area contributed by atoms with E-state index >= 15 is 0 Å². The molecule has 0 fully saturated rings. The van der Waals surface area contributed by atoms with Crippen LogP contribution < -0.4 is 0 Å². The van der Waals surface area contributed by atoms with Gasteiger partial charge in [-0.05, 0) is 24.6 Å². The molecule has 0 saturated heterocycles. The summed E-state index contributed by atoms with van der Waals surface area (Å²) in [5, 5.41) is 0. The number of hydrogen-bond acceptors (Lipinski definition) is 3. The van der Waals surface area contributed by atoms with Crippen LogP contribution in [0.15, 0.2) is 42.2 Å². The molecule has 2 rings (SSSR count). The van der Waals surface area contributed by atoms with Crippen LogP contribution in [0.3, 0.4) is 0 Å². The summed E-state index contributed by atoms with van der Waals surface area (Å²) < 4.78 is 0. The summed E-state index contributed by atoms with van der Waals surface area (Å²) in [5.74, 6) is 0. The number of allylic oxidation sites excluding steroid dienone is 1. The van der Waals surface area contributed by atoms with Crippen LogP contribution in [0.1, 0.15) is 5.56 Å². The highest BCUT2D eigenvalue weighted by Crippen LogP contribution is 2.22. The Morgan fingerprint density at radius 3 is 2.53 bits per heavy atom. The lowest BCUT2D eigenvalue weighted by Crippen LogP contribution is -1.84. The Morgan fingerprint density at radius 2 is 1.87 bits per heavy atom. The highest BCUT2D eigenvalue weighted by atomic mass is 14.8. The van der Waals surface area contributed by atoms with Gasteiger partial charge in [0.15, 0.2) is 0 Å². The molecule has 2 aromatic rings. The summed E-state index contributed by atoms with van der Waals surface area (Å²) in [5.41, 5.74) is 3.75. The molecule has 0 atom stereocenters. The van der Waals surface area contributed by atoms with Crippen molar-refractivity contribution < 1.29 is 0 Å². The maximum absolute atomic E-state index is 4.26. The summed E-state index contributed by atoms with van der Waals surface area (Å²) in [6.45, 7) is 5.59. The Hall–Kier alpha value is -2.03. The first-order valence-electron chi connectivity index (χ1n) is 4.68. The molecule has 0 spiro atoms. The molecule has 3 nitrogen and oxygen atoms in total. The maximum atomic E-state index is 4.26. The van der Waals surface area contributed by atoms with E-state index in [1.165, 1.54) is 0 Å². The number of rotatable bonds is 2. The fourth-order valence-corrected chi connectivity index (χ4v) is 1.38. The number of benzene rings is 1. The van der Waals surface area contributed by atoms with Crippen molar-refractivity contribution >= 4 is 22.9 Å². The molecule has 0 aliphatic carbocycles. The van der Waals surface area contributed by atoms with Crippen LogP contribution in [0.2, 0.25) is 0 Å². The van der Waals surface area contributed by atoms with Crippen LogP contribution in [0, 0.1) is 6.92 Å². The zero-order chi connectivity index (χ0) is 10.7. The van der Waals surface area contributed by atoms with E-state index in [4.69, 9.17) is 0 Å². The molecular weight excluding hydrogens is 186 g/mol. The van der Waals surface area contributed by atoms with Gasteiger partial charge in [-0.3, -0.25) is 15.0 Å². The van der Waals surface area contributed by atoms with E-state index in [1.807, 2.05) is 19.1 Å². The number of hydrogen-bond donors (Lipinski definition) is 0. The molecule has 0 aliphatic rings. The minimum absolute atomic E-state index is 0.860. The number of aryl methyl sites for hydroxylation is 1. The first-order chi connectivity index (χ1) is 7.31. The zero-order valence-corrected chi connectivity index (χ0v) is 8.51. The smallest absolute Gasteiger partial charge is 0.0908 e. The molecule has 0 bridgehead atoms. The van der Waals surface area contributed by atoms with Crippen molar-refractivity contribution in [2.24, 2.45) is 4.99 Å². The number of nitrogens with zero attached hydrogens (tertiary/aromatic N) is 3. The fourth-order valence-electron chi connectivity index (χ4n) is 1.38. The second-order valence-corrected chi connectivity index (χ2v) is 3.20. The third-order valence-electron chi connectivity index (χ3n) is 2.11. The molecule has 15 heavy (non-hydrogen) atoms. The molecule has 0 N–H and O–H groups in total. The number of aromatic nitrogens is 2. The van der Waals surface area contributed by atoms with Gasteiger partial charge in [-0.1, -0.05) is 12.7 Å². The van der Waals surface area contributed by atoms with Gasteiger partial charge in [0.2, 0.25) is 0 Å². The highest BCUT2D eigenvalue weighted by Gasteiger charge is 2.00. The third-order valence-corrected chi connectivity index (χ3v) is 2.11. The summed E-state index contributed by atoms with van der Waals surface area (Å²) in [6.07, 6.45) is 6.69. The monoisotopic (exact) mass is 197 g/mol. The molecule has 1 aromatic heterocycles. The second kappa shape index (κ2) is 4.00. The fraction of sp³-hybridized carbons (Fsp3) is 0.0833.